The zero-order valence-corrected chi connectivity index (χ0v) is 21.3. The fourth-order valence-corrected chi connectivity index (χ4v) is 7.03. The summed E-state index contributed by atoms with van der Waals surface area (Å²) in [4.78, 5) is 19.3. The number of hydrogen-bond donors (Lipinski definition) is 1. The van der Waals surface area contributed by atoms with Crippen LogP contribution in [0.2, 0.25) is 0 Å². The van der Waals surface area contributed by atoms with Gasteiger partial charge in [-0.25, -0.2) is 0 Å². The fourth-order valence-electron chi connectivity index (χ4n) is 7.03. The van der Waals surface area contributed by atoms with Gasteiger partial charge in [-0.15, -0.1) is 0 Å². The third-order valence-electron chi connectivity index (χ3n) is 9.07. The normalized spacial score (nSPS) is 31.0. The molecule has 5 rings (SSSR count). The van der Waals surface area contributed by atoms with Crippen LogP contribution in [0.5, 0.6) is 0 Å². The van der Waals surface area contributed by atoms with Crippen molar-refractivity contribution >= 4 is 5.91 Å². The predicted octanol–water partition coefficient (Wildman–Crippen LogP) is 4.99. The predicted molar refractivity (Wildman–Crippen MR) is 130 cm³/mol. The second-order valence-corrected chi connectivity index (χ2v) is 11.9. The van der Waals surface area contributed by atoms with E-state index in [0.29, 0.717) is 17.4 Å². The highest BCUT2D eigenvalue weighted by molar-refractivity contribution is 5.78. The molecule has 1 aromatic heterocycles. The Balaban J connectivity index is 1.29. The molecule has 0 bridgehead atoms. The van der Waals surface area contributed by atoms with E-state index in [2.05, 4.69) is 10.5 Å². The first-order valence-corrected chi connectivity index (χ1v) is 14.0. The molecule has 4 heterocycles. The number of likely N-dealkylation sites (tertiary alicyclic amines) is 1. The van der Waals surface area contributed by atoms with Gasteiger partial charge in [0.1, 0.15) is 0 Å². The molecule has 34 heavy (non-hydrogen) atoms. The van der Waals surface area contributed by atoms with Crippen LogP contribution in [0.1, 0.15) is 115 Å². The van der Waals surface area contributed by atoms with Crippen LogP contribution in [0, 0.1) is 17.3 Å². The Morgan fingerprint density at radius 3 is 2.47 bits per heavy atom. The number of hydrogen-bond acceptors (Lipinski definition) is 6. The van der Waals surface area contributed by atoms with Crippen molar-refractivity contribution in [3.63, 3.8) is 0 Å². The molecule has 1 aliphatic carbocycles. The lowest BCUT2D eigenvalue weighted by Gasteiger charge is -2.47. The molecular formula is C27H44N4O3. The minimum atomic E-state index is 0.0597. The zero-order valence-electron chi connectivity index (χ0n) is 21.3. The first-order chi connectivity index (χ1) is 16.5. The maximum absolute atomic E-state index is 12.3. The molecule has 4 aliphatic rings. The summed E-state index contributed by atoms with van der Waals surface area (Å²) in [5.41, 5.74) is 0.390. The van der Waals surface area contributed by atoms with E-state index < -0.39 is 0 Å². The minimum Gasteiger partial charge on any atom is -0.381 e. The van der Waals surface area contributed by atoms with Crippen LogP contribution in [0.25, 0.3) is 0 Å². The van der Waals surface area contributed by atoms with Gasteiger partial charge in [0.25, 0.3) is 0 Å². The van der Waals surface area contributed by atoms with E-state index in [1.54, 1.807) is 0 Å². The lowest BCUT2D eigenvalue weighted by Crippen LogP contribution is -2.49. The van der Waals surface area contributed by atoms with Crippen molar-refractivity contribution in [2.24, 2.45) is 17.3 Å². The largest absolute Gasteiger partial charge is 0.381 e. The molecule has 1 saturated carbocycles. The molecule has 1 amide bonds. The van der Waals surface area contributed by atoms with Crippen molar-refractivity contribution in [1.82, 2.24) is 20.4 Å². The molecule has 3 aliphatic heterocycles. The Labute approximate surface area is 204 Å². The van der Waals surface area contributed by atoms with Crippen LogP contribution in [-0.2, 0) is 9.53 Å². The average Bonchev–Trinajstić information content (AvgIpc) is 3.54. The van der Waals surface area contributed by atoms with Gasteiger partial charge in [-0.05, 0) is 56.3 Å². The zero-order chi connectivity index (χ0) is 23.5. The molecule has 3 atom stereocenters. The Morgan fingerprint density at radius 2 is 1.79 bits per heavy atom. The number of nitrogens with zero attached hydrogens (tertiary/aromatic N) is 3. The van der Waals surface area contributed by atoms with Crippen LogP contribution in [-0.4, -0.2) is 53.3 Å². The standard InChI is InChI=1S/C27H44N4O3/c1-19(2)26(32)31-13-8-20(9-14-31)24-29-25(34-30-24)23-17-27(11-6-4-3-5-7-12-27)16-22(28-23)21-10-15-33-18-21/h19-23,28H,3-18H2,1-2H3. The molecule has 0 radical (unpaired) electrons. The number of nitrogens with one attached hydrogen (secondary N) is 1. The SMILES string of the molecule is CC(C)C(=O)N1CCC(c2noc(C3CC4(CCCCCCC4)CC(C4CCOC4)N3)n2)CC1. The summed E-state index contributed by atoms with van der Waals surface area (Å²) in [6.45, 7) is 7.31. The summed E-state index contributed by atoms with van der Waals surface area (Å²) in [5.74, 6) is 2.81. The number of ether oxygens (including phenoxy) is 1. The third kappa shape index (κ3) is 5.35. The quantitative estimate of drug-likeness (QED) is 0.665. The average molecular weight is 473 g/mol. The van der Waals surface area contributed by atoms with E-state index in [-0.39, 0.29) is 23.8 Å². The van der Waals surface area contributed by atoms with E-state index in [0.717, 1.165) is 63.7 Å². The summed E-state index contributed by atoms with van der Waals surface area (Å²) in [7, 11) is 0. The number of aromatic nitrogens is 2. The number of piperidine rings is 2. The Bertz CT molecular complexity index is 803. The number of carbonyl (C=O) groups excluding carboxylic acids is 1. The van der Waals surface area contributed by atoms with Gasteiger partial charge < -0.3 is 19.5 Å². The molecule has 1 N–H and O–H groups in total. The molecule has 7 heteroatoms. The Morgan fingerprint density at radius 1 is 1.06 bits per heavy atom. The van der Waals surface area contributed by atoms with E-state index in [1.807, 2.05) is 18.7 Å². The smallest absolute Gasteiger partial charge is 0.243 e. The van der Waals surface area contributed by atoms with Crippen molar-refractivity contribution in [3.8, 4) is 0 Å². The van der Waals surface area contributed by atoms with E-state index >= 15 is 0 Å². The second-order valence-electron chi connectivity index (χ2n) is 11.9. The summed E-state index contributed by atoms with van der Waals surface area (Å²) >= 11 is 0. The highest BCUT2D eigenvalue weighted by atomic mass is 16.5. The first kappa shape index (κ1) is 24.2. The summed E-state index contributed by atoms with van der Waals surface area (Å²) in [5, 5.41) is 8.40. The summed E-state index contributed by atoms with van der Waals surface area (Å²) in [6.07, 6.45) is 14.9. The monoisotopic (exact) mass is 472 g/mol. The van der Waals surface area contributed by atoms with Crippen LogP contribution >= 0.6 is 0 Å². The summed E-state index contributed by atoms with van der Waals surface area (Å²) < 4.78 is 11.7. The van der Waals surface area contributed by atoms with Crippen molar-refractivity contribution in [2.75, 3.05) is 26.3 Å². The van der Waals surface area contributed by atoms with Gasteiger partial charge in [-0.3, -0.25) is 4.79 Å². The fraction of sp³-hybridized carbons (Fsp3) is 0.889. The molecule has 1 spiro atoms. The topological polar surface area (TPSA) is 80.5 Å². The first-order valence-electron chi connectivity index (χ1n) is 14.0. The molecule has 0 aromatic carbocycles. The van der Waals surface area contributed by atoms with Gasteiger partial charge in [0.15, 0.2) is 5.82 Å². The maximum atomic E-state index is 12.3. The Kier molecular flexibility index (Phi) is 7.59. The number of carbonyl (C=O) groups is 1. The third-order valence-corrected chi connectivity index (χ3v) is 9.07. The number of rotatable bonds is 4. The highest BCUT2D eigenvalue weighted by Gasteiger charge is 2.45. The van der Waals surface area contributed by atoms with E-state index in [4.69, 9.17) is 14.2 Å². The van der Waals surface area contributed by atoms with Crippen LogP contribution in [0.3, 0.4) is 0 Å². The minimum absolute atomic E-state index is 0.0597. The van der Waals surface area contributed by atoms with Crippen LogP contribution in [0.15, 0.2) is 4.52 Å². The van der Waals surface area contributed by atoms with Crippen molar-refractivity contribution in [1.29, 1.82) is 0 Å². The van der Waals surface area contributed by atoms with Gasteiger partial charge >= 0.3 is 0 Å². The summed E-state index contributed by atoms with van der Waals surface area (Å²) in [6, 6.07) is 0.615. The van der Waals surface area contributed by atoms with Gasteiger partial charge in [-0.1, -0.05) is 51.1 Å². The molecule has 3 unspecified atom stereocenters. The Hall–Kier alpha value is -1.47. The molecule has 1 aromatic rings. The van der Waals surface area contributed by atoms with Crippen LogP contribution in [0.4, 0.5) is 0 Å². The molecule has 3 saturated heterocycles. The van der Waals surface area contributed by atoms with Crippen molar-refractivity contribution < 1.29 is 14.1 Å². The molecule has 4 fully saturated rings. The molecule has 7 nitrogen and oxygen atoms in total. The van der Waals surface area contributed by atoms with Gasteiger partial charge in [0.2, 0.25) is 11.8 Å². The van der Waals surface area contributed by atoms with E-state index in [1.165, 1.54) is 51.4 Å². The van der Waals surface area contributed by atoms with Crippen molar-refractivity contribution in [2.45, 2.75) is 109 Å². The van der Waals surface area contributed by atoms with Crippen molar-refractivity contribution in [3.05, 3.63) is 11.7 Å². The lowest BCUT2D eigenvalue weighted by molar-refractivity contribution is -0.135. The maximum Gasteiger partial charge on any atom is 0.243 e. The second kappa shape index (κ2) is 10.7. The molecule has 190 valence electrons. The molecular weight excluding hydrogens is 428 g/mol. The van der Waals surface area contributed by atoms with Crippen LogP contribution < -0.4 is 5.32 Å². The number of amides is 1. The van der Waals surface area contributed by atoms with Gasteiger partial charge in [0.05, 0.1) is 12.6 Å². The van der Waals surface area contributed by atoms with Gasteiger partial charge in [0, 0.05) is 37.6 Å². The van der Waals surface area contributed by atoms with Gasteiger partial charge in [-0.2, -0.15) is 4.98 Å². The van der Waals surface area contributed by atoms with E-state index in [9.17, 15) is 4.79 Å². The highest BCUT2D eigenvalue weighted by Crippen LogP contribution is 2.49. The lowest BCUT2D eigenvalue weighted by atomic mass is 9.64.